The average molecular weight is 491 g/mol. The Morgan fingerprint density at radius 2 is 1.69 bits per heavy atom. The summed E-state index contributed by atoms with van der Waals surface area (Å²) in [4.78, 5) is 23.7. The zero-order valence-corrected chi connectivity index (χ0v) is 20.2. The number of hydrogen-bond acceptors (Lipinski definition) is 9. The van der Waals surface area contributed by atoms with Crippen LogP contribution in [-0.2, 0) is 15.3 Å². The molecule has 3 aromatic rings. The maximum Gasteiger partial charge on any atom is 0.234 e. The van der Waals surface area contributed by atoms with E-state index in [0.29, 0.717) is 17.1 Å². The zero-order chi connectivity index (χ0) is 22.9. The second kappa shape index (κ2) is 11.7. The van der Waals surface area contributed by atoms with Gasteiger partial charge in [-0.3, -0.25) is 9.59 Å². The Kier molecular flexibility index (Phi) is 8.77. The first kappa shape index (κ1) is 23.9. The summed E-state index contributed by atoms with van der Waals surface area (Å²) in [6, 6.07) is 12.9. The molecule has 3 rings (SSSR count). The summed E-state index contributed by atoms with van der Waals surface area (Å²) < 4.78 is 12.0. The maximum atomic E-state index is 12.4. The lowest BCUT2D eigenvalue weighted by molar-refractivity contribution is -0.114. The summed E-state index contributed by atoms with van der Waals surface area (Å²) in [7, 11) is 3.16. The molecule has 168 valence electrons. The number of nitrogens with one attached hydrogen (secondary N) is 2. The molecule has 2 N–H and O–H groups in total. The van der Waals surface area contributed by atoms with E-state index in [9.17, 15) is 9.59 Å². The van der Waals surface area contributed by atoms with Crippen molar-refractivity contribution >= 4 is 58.0 Å². The molecule has 0 aliphatic rings. The topological polar surface area (TPSA) is 102 Å². The molecular formula is C21H22N4O4S3. The van der Waals surface area contributed by atoms with Crippen molar-refractivity contribution in [3.63, 3.8) is 0 Å². The van der Waals surface area contributed by atoms with Gasteiger partial charge in [0.05, 0.1) is 25.7 Å². The Morgan fingerprint density at radius 3 is 2.34 bits per heavy atom. The molecule has 11 heteroatoms. The van der Waals surface area contributed by atoms with Gasteiger partial charge in [0.15, 0.2) is 8.68 Å². The Balaban J connectivity index is 1.51. The van der Waals surface area contributed by atoms with E-state index in [2.05, 4.69) is 20.8 Å². The van der Waals surface area contributed by atoms with Crippen molar-refractivity contribution in [2.45, 2.75) is 21.4 Å². The fraction of sp³-hybridized carbons (Fsp3) is 0.238. The third-order valence-electron chi connectivity index (χ3n) is 4.03. The van der Waals surface area contributed by atoms with Crippen molar-refractivity contribution in [1.82, 2.24) is 10.2 Å². The van der Waals surface area contributed by atoms with E-state index < -0.39 is 0 Å². The number of carbonyl (C=O) groups is 2. The Morgan fingerprint density at radius 1 is 0.969 bits per heavy atom. The normalized spacial score (nSPS) is 10.5. The number of thioether (sulfide) groups is 2. The second-order valence-electron chi connectivity index (χ2n) is 6.40. The van der Waals surface area contributed by atoms with Gasteiger partial charge in [-0.2, -0.15) is 0 Å². The molecule has 0 atom stereocenters. The van der Waals surface area contributed by atoms with E-state index in [1.807, 2.05) is 24.3 Å². The molecule has 1 heterocycles. The fourth-order valence-corrected chi connectivity index (χ4v) is 5.36. The monoisotopic (exact) mass is 490 g/mol. The highest BCUT2D eigenvalue weighted by molar-refractivity contribution is 8.03. The van der Waals surface area contributed by atoms with Crippen LogP contribution in [0.15, 0.2) is 51.1 Å². The van der Waals surface area contributed by atoms with E-state index in [0.717, 1.165) is 25.7 Å². The SMILES string of the molecule is COc1ccc(CSc2nnc(SCC(=O)Nc3cc(NC(C)=O)ccc3OC)s2)cc1. The molecule has 0 fully saturated rings. The van der Waals surface area contributed by atoms with Crippen LogP contribution in [0.1, 0.15) is 12.5 Å². The highest BCUT2D eigenvalue weighted by atomic mass is 32.2. The molecule has 0 aliphatic heterocycles. The molecule has 2 amide bonds. The summed E-state index contributed by atoms with van der Waals surface area (Å²) in [6.07, 6.45) is 0. The van der Waals surface area contributed by atoms with E-state index in [4.69, 9.17) is 9.47 Å². The average Bonchev–Trinajstić information content (AvgIpc) is 3.24. The first-order chi connectivity index (χ1) is 15.5. The molecule has 2 aromatic carbocycles. The highest BCUT2D eigenvalue weighted by Gasteiger charge is 2.12. The Bertz CT molecular complexity index is 1070. The number of amides is 2. The first-order valence-corrected chi connectivity index (χ1v) is 12.2. The van der Waals surface area contributed by atoms with Crippen molar-refractivity contribution in [3.05, 3.63) is 48.0 Å². The number of benzene rings is 2. The van der Waals surface area contributed by atoms with Crippen LogP contribution in [0.25, 0.3) is 0 Å². The molecule has 8 nitrogen and oxygen atoms in total. The van der Waals surface area contributed by atoms with Gasteiger partial charge in [0.1, 0.15) is 11.5 Å². The van der Waals surface area contributed by atoms with Crippen molar-refractivity contribution in [3.8, 4) is 11.5 Å². The van der Waals surface area contributed by atoms with Gasteiger partial charge in [0, 0.05) is 18.4 Å². The van der Waals surface area contributed by atoms with Crippen LogP contribution in [0.5, 0.6) is 11.5 Å². The predicted molar refractivity (Wildman–Crippen MR) is 129 cm³/mol. The van der Waals surface area contributed by atoms with Gasteiger partial charge in [0.25, 0.3) is 0 Å². The predicted octanol–water partition coefficient (Wildman–Crippen LogP) is 4.54. The molecule has 0 saturated heterocycles. The molecule has 0 aliphatic carbocycles. The van der Waals surface area contributed by atoms with Gasteiger partial charge in [-0.1, -0.05) is 47.0 Å². The van der Waals surface area contributed by atoms with Gasteiger partial charge in [-0.25, -0.2) is 0 Å². The number of nitrogens with zero attached hydrogens (tertiary/aromatic N) is 2. The third kappa shape index (κ3) is 7.14. The quantitative estimate of drug-likeness (QED) is 0.400. The lowest BCUT2D eigenvalue weighted by atomic mass is 10.2. The number of rotatable bonds is 10. The van der Waals surface area contributed by atoms with Crippen LogP contribution in [0.4, 0.5) is 11.4 Å². The minimum absolute atomic E-state index is 0.172. The molecule has 32 heavy (non-hydrogen) atoms. The first-order valence-electron chi connectivity index (χ1n) is 9.44. The standard InChI is InChI=1S/C21H22N4O4S3/c1-13(26)22-15-6-9-18(29-3)17(10-15)23-19(27)12-31-21-25-24-20(32-21)30-11-14-4-7-16(28-2)8-5-14/h4-10H,11-12H2,1-3H3,(H,22,26)(H,23,27). The van der Waals surface area contributed by atoms with Crippen LogP contribution >= 0.6 is 34.9 Å². The van der Waals surface area contributed by atoms with Crippen molar-refractivity contribution in [1.29, 1.82) is 0 Å². The summed E-state index contributed by atoms with van der Waals surface area (Å²) in [6.45, 7) is 1.42. The van der Waals surface area contributed by atoms with E-state index >= 15 is 0 Å². The molecule has 0 unspecified atom stereocenters. The lowest BCUT2D eigenvalue weighted by Crippen LogP contribution is -2.15. The summed E-state index contributed by atoms with van der Waals surface area (Å²) in [5, 5.41) is 13.8. The van der Waals surface area contributed by atoms with E-state index in [1.54, 1.807) is 37.1 Å². The Hall–Kier alpha value is -2.76. The number of aromatic nitrogens is 2. The third-order valence-corrected chi connectivity index (χ3v) is 7.29. The Labute approximate surface area is 198 Å². The minimum atomic E-state index is -0.212. The number of carbonyl (C=O) groups excluding carboxylic acids is 2. The maximum absolute atomic E-state index is 12.4. The van der Waals surface area contributed by atoms with Crippen LogP contribution in [-0.4, -0.2) is 42.0 Å². The smallest absolute Gasteiger partial charge is 0.234 e. The summed E-state index contributed by atoms with van der Waals surface area (Å²) in [5.74, 6) is 1.87. The number of anilines is 2. The molecule has 0 radical (unpaired) electrons. The van der Waals surface area contributed by atoms with Gasteiger partial charge in [-0.05, 0) is 35.9 Å². The van der Waals surface area contributed by atoms with E-state index in [-0.39, 0.29) is 17.6 Å². The van der Waals surface area contributed by atoms with Crippen molar-refractivity contribution in [2.24, 2.45) is 0 Å². The van der Waals surface area contributed by atoms with E-state index in [1.165, 1.54) is 37.1 Å². The van der Waals surface area contributed by atoms with Crippen molar-refractivity contribution < 1.29 is 19.1 Å². The van der Waals surface area contributed by atoms with Crippen LogP contribution in [0, 0.1) is 0 Å². The van der Waals surface area contributed by atoms with Gasteiger partial charge < -0.3 is 20.1 Å². The molecule has 0 spiro atoms. The fourth-order valence-electron chi connectivity index (χ4n) is 2.58. The van der Waals surface area contributed by atoms with Crippen LogP contribution in [0.3, 0.4) is 0 Å². The summed E-state index contributed by atoms with van der Waals surface area (Å²) >= 11 is 4.36. The minimum Gasteiger partial charge on any atom is -0.497 e. The molecular weight excluding hydrogens is 468 g/mol. The van der Waals surface area contributed by atoms with Crippen molar-refractivity contribution in [2.75, 3.05) is 30.6 Å². The van der Waals surface area contributed by atoms with Crippen LogP contribution in [0.2, 0.25) is 0 Å². The zero-order valence-electron chi connectivity index (χ0n) is 17.7. The number of ether oxygens (including phenoxy) is 2. The largest absolute Gasteiger partial charge is 0.497 e. The molecule has 1 aromatic heterocycles. The summed E-state index contributed by atoms with van der Waals surface area (Å²) in [5.41, 5.74) is 2.22. The second-order valence-corrected chi connectivity index (χ2v) is 9.83. The van der Waals surface area contributed by atoms with Crippen LogP contribution < -0.4 is 20.1 Å². The highest BCUT2D eigenvalue weighted by Crippen LogP contribution is 2.32. The van der Waals surface area contributed by atoms with Gasteiger partial charge >= 0.3 is 0 Å². The lowest BCUT2D eigenvalue weighted by Gasteiger charge is -2.12. The van der Waals surface area contributed by atoms with Gasteiger partial charge in [-0.15, -0.1) is 10.2 Å². The molecule has 0 saturated carbocycles. The number of methoxy groups -OCH3 is 2. The van der Waals surface area contributed by atoms with Gasteiger partial charge in [0.2, 0.25) is 11.8 Å². The molecule has 0 bridgehead atoms. The number of hydrogen-bond donors (Lipinski definition) is 2.